The number of benzene rings is 2. The van der Waals surface area contributed by atoms with Gasteiger partial charge in [0.2, 0.25) is 11.8 Å². The molecule has 33 heavy (non-hydrogen) atoms. The number of piperazine rings is 2. The van der Waals surface area contributed by atoms with Crippen molar-refractivity contribution >= 4 is 35.2 Å². The number of nitrogens with zero attached hydrogens (tertiary/aromatic N) is 3. The van der Waals surface area contributed by atoms with Gasteiger partial charge in [0, 0.05) is 56.4 Å². The molecule has 6 nitrogen and oxygen atoms in total. The molecule has 0 aromatic heterocycles. The van der Waals surface area contributed by atoms with Crippen molar-refractivity contribution in [3.63, 3.8) is 0 Å². The van der Waals surface area contributed by atoms with Gasteiger partial charge in [0.1, 0.15) is 5.82 Å². The molecule has 1 N–H and O–H groups in total. The minimum atomic E-state index is -0.234. The van der Waals surface area contributed by atoms with Gasteiger partial charge in [-0.2, -0.15) is 0 Å². The molecule has 0 spiro atoms. The lowest BCUT2D eigenvalue weighted by Crippen LogP contribution is -2.68. The van der Waals surface area contributed by atoms with E-state index in [1.165, 1.54) is 19.1 Å². The first-order chi connectivity index (χ1) is 15.8. The first-order valence-electron chi connectivity index (χ1n) is 11.0. The summed E-state index contributed by atoms with van der Waals surface area (Å²) in [7, 11) is 2.08. The fraction of sp³-hybridized carbons (Fsp3) is 0.360. The molecule has 2 saturated heterocycles. The van der Waals surface area contributed by atoms with Crippen LogP contribution < -0.4 is 5.32 Å². The first-order valence-corrected chi connectivity index (χ1v) is 11.4. The SMILES string of the molecule is CC(=O)Nc1cc(Cl)ccc1/C=C/C(=O)N1C2CN(C)CC1CN(Cc1ccc(F)cc1)C2. The molecule has 2 aromatic rings. The van der Waals surface area contributed by atoms with E-state index in [9.17, 15) is 14.0 Å². The third-order valence-electron chi connectivity index (χ3n) is 6.07. The maximum atomic E-state index is 13.2. The zero-order valence-corrected chi connectivity index (χ0v) is 19.6. The third kappa shape index (κ3) is 5.79. The molecule has 8 heteroatoms. The molecule has 0 saturated carbocycles. The normalized spacial score (nSPS) is 21.4. The molecular formula is C25H28ClFN4O2. The van der Waals surface area contributed by atoms with Gasteiger partial charge in [0.05, 0.1) is 12.1 Å². The van der Waals surface area contributed by atoms with E-state index in [2.05, 4.69) is 22.2 Å². The summed E-state index contributed by atoms with van der Waals surface area (Å²) in [6.07, 6.45) is 3.31. The highest BCUT2D eigenvalue weighted by atomic mass is 35.5. The standard InChI is InChI=1S/C25H28ClFN4O2/c1-17(32)28-24-11-20(26)7-5-19(24)6-10-25(33)31-22-13-29(2)14-23(31)16-30(15-22)12-18-3-8-21(27)9-4-18/h3-11,22-23H,12-16H2,1-2H3,(H,28,32)/b10-6+. The van der Waals surface area contributed by atoms with E-state index in [1.807, 2.05) is 17.0 Å². The van der Waals surface area contributed by atoms with Crippen molar-refractivity contribution in [2.75, 3.05) is 38.5 Å². The number of carbonyl (C=O) groups excluding carboxylic acids is 2. The second-order valence-electron chi connectivity index (χ2n) is 8.84. The van der Waals surface area contributed by atoms with Crippen LogP contribution >= 0.6 is 11.6 Å². The number of hydrogen-bond donors (Lipinski definition) is 1. The Morgan fingerprint density at radius 3 is 2.39 bits per heavy atom. The molecular weight excluding hydrogens is 443 g/mol. The number of likely N-dealkylation sites (N-methyl/N-ethyl adjacent to an activating group) is 1. The monoisotopic (exact) mass is 470 g/mol. The lowest BCUT2D eigenvalue weighted by atomic mass is 9.99. The minimum absolute atomic E-state index is 0.0387. The molecule has 2 atom stereocenters. The first kappa shape index (κ1) is 23.4. The van der Waals surface area contributed by atoms with Crippen LogP contribution in [-0.4, -0.2) is 71.8 Å². The molecule has 2 unspecified atom stereocenters. The van der Waals surface area contributed by atoms with Gasteiger partial charge in [0.15, 0.2) is 0 Å². The Bertz CT molecular complexity index is 1040. The van der Waals surface area contributed by atoms with Crippen molar-refractivity contribution in [1.29, 1.82) is 0 Å². The fourth-order valence-electron chi connectivity index (χ4n) is 4.79. The van der Waals surface area contributed by atoms with Crippen molar-refractivity contribution in [3.05, 3.63) is 70.5 Å². The second-order valence-corrected chi connectivity index (χ2v) is 9.28. The molecule has 0 aliphatic carbocycles. The van der Waals surface area contributed by atoms with Gasteiger partial charge in [-0.25, -0.2) is 4.39 Å². The van der Waals surface area contributed by atoms with Gasteiger partial charge in [-0.15, -0.1) is 0 Å². The van der Waals surface area contributed by atoms with Gasteiger partial charge in [-0.05, 0) is 48.5 Å². The Balaban J connectivity index is 1.48. The van der Waals surface area contributed by atoms with E-state index in [0.717, 1.165) is 43.9 Å². The highest BCUT2D eigenvalue weighted by molar-refractivity contribution is 6.31. The second kappa shape index (κ2) is 10.0. The maximum absolute atomic E-state index is 13.2. The molecule has 2 heterocycles. The Labute approximate surface area is 198 Å². The van der Waals surface area contributed by atoms with E-state index in [0.29, 0.717) is 10.7 Å². The van der Waals surface area contributed by atoms with E-state index in [1.54, 1.807) is 30.4 Å². The van der Waals surface area contributed by atoms with Crippen LogP contribution in [0.1, 0.15) is 18.1 Å². The molecule has 2 aromatic carbocycles. The Hall–Kier alpha value is -2.74. The number of fused-ring (bicyclic) bond motifs is 2. The summed E-state index contributed by atoms with van der Waals surface area (Å²) in [6.45, 7) is 5.29. The Morgan fingerprint density at radius 2 is 1.76 bits per heavy atom. The van der Waals surface area contributed by atoms with Gasteiger partial charge in [-0.1, -0.05) is 29.8 Å². The van der Waals surface area contributed by atoms with Crippen LogP contribution in [0.25, 0.3) is 6.08 Å². The molecule has 2 aliphatic rings. The number of nitrogens with one attached hydrogen (secondary N) is 1. The van der Waals surface area contributed by atoms with E-state index >= 15 is 0 Å². The molecule has 2 bridgehead atoms. The Kier molecular flexibility index (Phi) is 7.12. The van der Waals surface area contributed by atoms with Crippen LogP contribution in [0.2, 0.25) is 5.02 Å². The molecule has 2 aliphatic heterocycles. The quantitative estimate of drug-likeness (QED) is 0.680. The predicted molar refractivity (Wildman–Crippen MR) is 128 cm³/mol. The van der Waals surface area contributed by atoms with Crippen LogP contribution in [0.3, 0.4) is 0 Å². The lowest BCUT2D eigenvalue weighted by Gasteiger charge is -2.52. The summed E-state index contributed by atoms with van der Waals surface area (Å²) in [5.74, 6) is -0.474. The molecule has 174 valence electrons. The molecule has 0 radical (unpaired) electrons. The van der Waals surface area contributed by atoms with Crippen molar-refractivity contribution in [2.24, 2.45) is 0 Å². The van der Waals surface area contributed by atoms with Crippen LogP contribution in [0, 0.1) is 5.82 Å². The van der Waals surface area contributed by atoms with Gasteiger partial charge >= 0.3 is 0 Å². The van der Waals surface area contributed by atoms with Crippen LogP contribution in [0.5, 0.6) is 0 Å². The van der Waals surface area contributed by atoms with Crippen molar-refractivity contribution < 1.29 is 14.0 Å². The summed E-state index contributed by atoms with van der Waals surface area (Å²) in [4.78, 5) is 31.4. The number of carbonyl (C=O) groups is 2. The topological polar surface area (TPSA) is 55.9 Å². The van der Waals surface area contributed by atoms with E-state index < -0.39 is 0 Å². The molecule has 2 fully saturated rings. The zero-order chi connectivity index (χ0) is 23.5. The lowest BCUT2D eigenvalue weighted by molar-refractivity contribution is -0.140. The number of rotatable bonds is 5. The summed E-state index contributed by atoms with van der Waals surface area (Å²) < 4.78 is 13.2. The largest absolute Gasteiger partial charge is 0.328 e. The summed E-state index contributed by atoms with van der Waals surface area (Å²) in [5, 5.41) is 3.27. The van der Waals surface area contributed by atoms with Crippen LogP contribution in [0.4, 0.5) is 10.1 Å². The smallest absolute Gasteiger partial charge is 0.247 e. The average molecular weight is 471 g/mol. The zero-order valence-electron chi connectivity index (χ0n) is 18.8. The van der Waals surface area contributed by atoms with Gasteiger partial charge < -0.3 is 15.1 Å². The molecule has 4 rings (SSSR count). The van der Waals surface area contributed by atoms with Crippen LogP contribution in [0.15, 0.2) is 48.5 Å². The third-order valence-corrected chi connectivity index (χ3v) is 6.31. The van der Waals surface area contributed by atoms with E-state index in [-0.39, 0.29) is 29.7 Å². The van der Waals surface area contributed by atoms with Crippen LogP contribution in [-0.2, 0) is 16.1 Å². The van der Waals surface area contributed by atoms with Gasteiger partial charge in [-0.3, -0.25) is 14.5 Å². The summed E-state index contributed by atoms with van der Waals surface area (Å²) in [5.41, 5.74) is 2.36. The fourth-order valence-corrected chi connectivity index (χ4v) is 4.96. The summed E-state index contributed by atoms with van der Waals surface area (Å²) in [6, 6.07) is 11.9. The summed E-state index contributed by atoms with van der Waals surface area (Å²) >= 11 is 6.06. The minimum Gasteiger partial charge on any atom is -0.328 e. The predicted octanol–water partition coefficient (Wildman–Crippen LogP) is 3.48. The van der Waals surface area contributed by atoms with Crippen molar-refractivity contribution in [2.45, 2.75) is 25.6 Å². The number of amides is 2. The number of anilines is 1. The van der Waals surface area contributed by atoms with Crippen molar-refractivity contribution in [1.82, 2.24) is 14.7 Å². The molecule has 2 amide bonds. The van der Waals surface area contributed by atoms with Crippen molar-refractivity contribution in [3.8, 4) is 0 Å². The van der Waals surface area contributed by atoms with Gasteiger partial charge in [0.25, 0.3) is 0 Å². The maximum Gasteiger partial charge on any atom is 0.247 e. The number of hydrogen-bond acceptors (Lipinski definition) is 4. The highest BCUT2D eigenvalue weighted by Crippen LogP contribution is 2.26. The highest BCUT2D eigenvalue weighted by Gasteiger charge is 2.41. The average Bonchev–Trinajstić information content (AvgIpc) is 2.73. The Morgan fingerprint density at radius 1 is 1.09 bits per heavy atom. The number of halogens is 2. The van der Waals surface area contributed by atoms with E-state index in [4.69, 9.17) is 11.6 Å².